The summed E-state index contributed by atoms with van der Waals surface area (Å²) in [6.07, 6.45) is 3.64. The summed E-state index contributed by atoms with van der Waals surface area (Å²) in [6, 6.07) is 7.47. The van der Waals surface area contributed by atoms with Gasteiger partial charge in [0.25, 0.3) is 0 Å². The maximum absolute atomic E-state index is 12.5. The van der Waals surface area contributed by atoms with E-state index in [-0.39, 0.29) is 11.8 Å². The highest BCUT2D eigenvalue weighted by Crippen LogP contribution is 2.32. The number of para-hydroxylation sites is 1. The second-order valence-corrected chi connectivity index (χ2v) is 6.31. The third-order valence-electron chi connectivity index (χ3n) is 4.52. The van der Waals surface area contributed by atoms with Gasteiger partial charge in [0.2, 0.25) is 0 Å². The summed E-state index contributed by atoms with van der Waals surface area (Å²) < 4.78 is 29.6. The van der Waals surface area contributed by atoms with Crippen molar-refractivity contribution in [1.29, 1.82) is 0 Å². The molecule has 0 radical (unpaired) electrons. The zero-order valence-electron chi connectivity index (χ0n) is 13.0. The van der Waals surface area contributed by atoms with E-state index in [9.17, 15) is 8.78 Å². The molecule has 118 valence electrons. The summed E-state index contributed by atoms with van der Waals surface area (Å²) in [5.41, 5.74) is 0.795. The van der Waals surface area contributed by atoms with Crippen LogP contribution in [0.2, 0.25) is 0 Å². The van der Waals surface area contributed by atoms with Gasteiger partial charge in [-0.1, -0.05) is 38.5 Å². The van der Waals surface area contributed by atoms with Gasteiger partial charge in [0, 0.05) is 17.6 Å². The molecule has 1 aromatic rings. The third kappa shape index (κ3) is 4.40. The highest BCUT2D eigenvalue weighted by Gasteiger charge is 2.27. The lowest BCUT2D eigenvalue weighted by Crippen LogP contribution is -2.40. The molecule has 4 atom stereocenters. The molecule has 4 unspecified atom stereocenters. The Labute approximate surface area is 125 Å². The van der Waals surface area contributed by atoms with E-state index < -0.39 is 6.61 Å². The van der Waals surface area contributed by atoms with Crippen molar-refractivity contribution in [3.8, 4) is 5.75 Å². The topological polar surface area (TPSA) is 21.3 Å². The lowest BCUT2D eigenvalue weighted by molar-refractivity contribution is -0.0507. The quantitative estimate of drug-likeness (QED) is 0.845. The van der Waals surface area contributed by atoms with Crippen molar-refractivity contribution in [2.75, 3.05) is 0 Å². The minimum Gasteiger partial charge on any atom is -0.434 e. The molecule has 1 N–H and O–H groups in total. The van der Waals surface area contributed by atoms with Gasteiger partial charge in [0.15, 0.2) is 0 Å². The number of alkyl halides is 2. The molecule has 0 spiro atoms. The van der Waals surface area contributed by atoms with Crippen LogP contribution in [0.1, 0.15) is 51.6 Å². The maximum atomic E-state index is 12.5. The third-order valence-corrected chi connectivity index (χ3v) is 4.52. The molecule has 1 saturated carbocycles. The Morgan fingerprint density at radius 3 is 2.62 bits per heavy atom. The standard InChI is InChI=1S/C17H25F2NO/c1-11-8-9-12(2)15(10-11)20-13(3)14-6-4-5-7-16(14)21-17(18)19/h4-7,11-13,15,17,20H,8-10H2,1-3H3. The number of benzene rings is 1. The smallest absolute Gasteiger partial charge is 0.387 e. The van der Waals surface area contributed by atoms with E-state index in [0.29, 0.717) is 12.0 Å². The van der Waals surface area contributed by atoms with E-state index in [0.717, 1.165) is 17.9 Å². The van der Waals surface area contributed by atoms with Crippen LogP contribution in [-0.2, 0) is 0 Å². The molecule has 0 amide bonds. The van der Waals surface area contributed by atoms with Gasteiger partial charge in [-0.15, -0.1) is 0 Å². The molecule has 1 fully saturated rings. The number of hydrogen-bond acceptors (Lipinski definition) is 2. The van der Waals surface area contributed by atoms with Gasteiger partial charge in [0.05, 0.1) is 0 Å². The van der Waals surface area contributed by atoms with Crippen molar-refractivity contribution in [2.45, 2.75) is 58.7 Å². The van der Waals surface area contributed by atoms with E-state index in [1.54, 1.807) is 12.1 Å². The van der Waals surface area contributed by atoms with Gasteiger partial charge in [-0.25, -0.2) is 0 Å². The first kappa shape index (κ1) is 16.2. The Morgan fingerprint density at radius 2 is 1.90 bits per heavy atom. The first-order valence-electron chi connectivity index (χ1n) is 7.77. The lowest BCUT2D eigenvalue weighted by Gasteiger charge is -2.35. The zero-order valence-corrected chi connectivity index (χ0v) is 13.0. The van der Waals surface area contributed by atoms with Gasteiger partial charge >= 0.3 is 6.61 Å². The Kier molecular flexibility index (Phi) is 5.57. The van der Waals surface area contributed by atoms with E-state index in [4.69, 9.17) is 0 Å². The van der Waals surface area contributed by atoms with Crippen molar-refractivity contribution in [2.24, 2.45) is 11.8 Å². The molecular weight excluding hydrogens is 272 g/mol. The molecule has 1 aliphatic carbocycles. The van der Waals surface area contributed by atoms with Crippen LogP contribution >= 0.6 is 0 Å². The number of rotatable bonds is 5. The largest absolute Gasteiger partial charge is 0.434 e. The van der Waals surface area contributed by atoms with Crippen LogP contribution in [-0.4, -0.2) is 12.7 Å². The van der Waals surface area contributed by atoms with Crippen LogP contribution in [0.15, 0.2) is 24.3 Å². The van der Waals surface area contributed by atoms with Gasteiger partial charge < -0.3 is 10.1 Å². The fourth-order valence-corrected chi connectivity index (χ4v) is 3.22. The first-order chi connectivity index (χ1) is 9.97. The Bertz CT molecular complexity index is 452. The van der Waals surface area contributed by atoms with Crippen LogP contribution < -0.4 is 10.1 Å². The predicted molar refractivity (Wildman–Crippen MR) is 80.6 cm³/mol. The van der Waals surface area contributed by atoms with Crippen molar-refractivity contribution in [3.63, 3.8) is 0 Å². The molecule has 0 saturated heterocycles. The minimum atomic E-state index is -2.79. The molecule has 2 nitrogen and oxygen atoms in total. The van der Waals surface area contributed by atoms with Gasteiger partial charge in [-0.05, 0) is 37.7 Å². The summed E-state index contributed by atoms with van der Waals surface area (Å²) in [6.45, 7) is 3.77. The van der Waals surface area contributed by atoms with Crippen molar-refractivity contribution >= 4 is 0 Å². The van der Waals surface area contributed by atoms with Crippen molar-refractivity contribution < 1.29 is 13.5 Å². The van der Waals surface area contributed by atoms with Crippen LogP contribution in [0.3, 0.4) is 0 Å². The summed E-state index contributed by atoms with van der Waals surface area (Å²) >= 11 is 0. The maximum Gasteiger partial charge on any atom is 0.387 e. The molecule has 2 rings (SSSR count). The first-order valence-corrected chi connectivity index (χ1v) is 7.77. The van der Waals surface area contributed by atoms with E-state index in [1.807, 2.05) is 19.1 Å². The highest BCUT2D eigenvalue weighted by molar-refractivity contribution is 5.35. The molecule has 21 heavy (non-hydrogen) atoms. The summed E-state index contributed by atoms with van der Waals surface area (Å²) in [5, 5.41) is 3.60. The Morgan fingerprint density at radius 1 is 1.19 bits per heavy atom. The number of halogens is 2. The summed E-state index contributed by atoms with van der Waals surface area (Å²) in [5.74, 6) is 1.61. The van der Waals surface area contributed by atoms with Crippen molar-refractivity contribution in [3.05, 3.63) is 29.8 Å². The monoisotopic (exact) mass is 297 g/mol. The fourth-order valence-electron chi connectivity index (χ4n) is 3.22. The average molecular weight is 297 g/mol. The summed E-state index contributed by atoms with van der Waals surface area (Å²) in [4.78, 5) is 0. The minimum absolute atomic E-state index is 0.00213. The van der Waals surface area contributed by atoms with Crippen LogP contribution in [0.4, 0.5) is 8.78 Å². The zero-order chi connectivity index (χ0) is 15.4. The lowest BCUT2D eigenvalue weighted by atomic mass is 9.79. The average Bonchev–Trinajstić information content (AvgIpc) is 2.42. The van der Waals surface area contributed by atoms with Crippen LogP contribution in [0.5, 0.6) is 5.75 Å². The van der Waals surface area contributed by atoms with Gasteiger partial charge in [-0.3, -0.25) is 0 Å². The second kappa shape index (κ2) is 7.21. The van der Waals surface area contributed by atoms with Gasteiger partial charge in [-0.2, -0.15) is 8.78 Å². The van der Waals surface area contributed by atoms with Crippen LogP contribution in [0.25, 0.3) is 0 Å². The van der Waals surface area contributed by atoms with Crippen LogP contribution in [0, 0.1) is 11.8 Å². The number of nitrogens with one attached hydrogen (secondary N) is 1. The number of hydrogen-bond donors (Lipinski definition) is 1. The molecule has 0 aliphatic heterocycles. The molecular formula is C17H25F2NO. The Balaban J connectivity index is 2.07. The molecule has 1 aromatic carbocycles. The molecule has 0 aromatic heterocycles. The second-order valence-electron chi connectivity index (χ2n) is 6.31. The highest BCUT2D eigenvalue weighted by atomic mass is 19.3. The molecule has 4 heteroatoms. The molecule has 0 bridgehead atoms. The van der Waals surface area contributed by atoms with Gasteiger partial charge in [0.1, 0.15) is 5.75 Å². The SMILES string of the molecule is CC1CCC(C)C(NC(C)c2ccccc2OC(F)F)C1. The van der Waals surface area contributed by atoms with E-state index >= 15 is 0 Å². The van der Waals surface area contributed by atoms with Crippen molar-refractivity contribution in [1.82, 2.24) is 5.32 Å². The normalized spacial score (nSPS) is 27.6. The predicted octanol–water partition coefficient (Wildman–Crippen LogP) is 4.76. The summed E-state index contributed by atoms with van der Waals surface area (Å²) in [7, 11) is 0. The van der Waals surface area contributed by atoms with E-state index in [1.165, 1.54) is 12.8 Å². The fraction of sp³-hybridized carbons (Fsp3) is 0.647. The molecule has 0 heterocycles. The number of ether oxygens (including phenoxy) is 1. The Hall–Kier alpha value is -1.16. The van der Waals surface area contributed by atoms with E-state index in [2.05, 4.69) is 23.9 Å². The molecule has 1 aliphatic rings.